The minimum Gasteiger partial charge on any atom is -0.372 e. The second-order valence-corrected chi connectivity index (χ2v) is 3.69. The molecule has 2 rings (SSSR count). The Morgan fingerprint density at radius 2 is 2.67 bits per heavy atom. The molecule has 0 atom stereocenters. The van der Waals surface area contributed by atoms with E-state index in [4.69, 9.17) is 4.74 Å². The molecule has 1 aliphatic heterocycles. The summed E-state index contributed by atoms with van der Waals surface area (Å²) in [6.07, 6.45) is 4.23. The number of hydrogen-bond acceptors (Lipinski definition) is 3. The lowest BCUT2D eigenvalue weighted by molar-refractivity contribution is 0.0816. The van der Waals surface area contributed by atoms with Gasteiger partial charge >= 0.3 is 0 Å². The van der Waals surface area contributed by atoms with Gasteiger partial charge < -0.3 is 9.30 Å². The predicted molar refractivity (Wildman–Crippen MR) is 49.1 cm³/mol. The fraction of sp³-hybridized carbons (Fsp3) is 0.625. The van der Waals surface area contributed by atoms with Crippen LogP contribution in [0.4, 0.5) is 0 Å². The van der Waals surface area contributed by atoms with Gasteiger partial charge in [0.1, 0.15) is 12.4 Å². The summed E-state index contributed by atoms with van der Waals surface area (Å²) in [6, 6.07) is 0. The highest BCUT2D eigenvalue weighted by Crippen LogP contribution is 2.13. The SMILES string of the molecule is CSCc1cn2c(n1)COCC2. The fourth-order valence-corrected chi connectivity index (χ4v) is 1.80. The van der Waals surface area contributed by atoms with Gasteiger partial charge in [0.15, 0.2) is 0 Å². The summed E-state index contributed by atoms with van der Waals surface area (Å²) in [4.78, 5) is 4.46. The Bertz CT molecular complexity index is 249. The molecule has 0 N–H and O–H groups in total. The summed E-state index contributed by atoms with van der Waals surface area (Å²) in [5, 5.41) is 0. The van der Waals surface area contributed by atoms with Gasteiger partial charge in [-0.05, 0) is 6.26 Å². The van der Waals surface area contributed by atoms with E-state index in [1.54, 1.807) is 11.8 Å². The van der Waals surface area contributed by atoms with Crippen molar-refractivity contribution in [1.29, 1.82) is 0 Å². The Morgan fingerprint density at radius 1 is 1.75 bits per heavy atom. The number of aromatic nitrogens is 2. The zero-order valence-corrected chi connectivity index (χ0v) is 7.93. The predicted octanol–water partition coefficient (Wildman–Crippen LogP) is 1.28. The first kappa shape index (κ1) is 8.13. The molecule has 0 amide bonds. The number of rotatable bonds is 2. The summed E-state index contributed by atoms with van der Waals surface area (Å²) in [6.45, 7) is 2.45. The molecule has 2 heterocycles. The van der Waals surface area contributed by atoms with Crippen LogP contribution in [0.15, 0.2) is 6.20 Å². The first-order valence-electron chi connectivity index (χ1n) is 4.02. The second-order valence-electron chi connectivity index (χ2n) is 2.83. The molecule has 0 radical (unpaired) electrons. The van der Waals surface area contributed by atoms with Crippen LogP contribution in [0.2, 0.25) is 0 Å². The monoisotopic (exact) mass is 184 g/mol. The zero-order valence-electron chi connectivity index (χ0n) is 7.12. The summed E-state index contributed by atoms with van der Waals surface area (Å²) in [7, 11) is 0. The van der Waals surface area contributed by atoms with Crippen LogP contribution in [0, 0.1) is 0 Å². The van der Waals surface area contributed by atoms with Crippen LogP contribution in [-0.2, 0) is 23.6 Å². The number of hydrogen-bond donors (Lipinski definition) is 0. The molecule has 3 nitrogen and oxygen atoms in total. The lowest BCUT2D eigenvalue weighted by Gasteiger charge is -2.13. The minimum absolute atomic E-state index is 0.675. The van der Waals surface area contributed by atoms with E-state index in [-0.39, 0.29) is 0 Å². The molecular formula is C8H12N2OS. The number of thioether (sulfide) groups is 1. The average Bonchev–Trinajstić information content (AvgIpc) is 2.47. The first-order valence-corrected chi connectivity index (χ1v) is 5.41. The van der Waals surface area contributed by atoms with Crippen LogP contribution in [-0.4, -0.2) is 22.4 Å². The largest absolute Gasteiger partial charge is 0.372 e. The van der Waals surface area contributed by atoms with Crippen molar-refractivity contribution in [3.05, 3.63) is 17.7 Å². The maximum Gasteiger partial charge on any atom is 0.135 e. The van der Waals surface area contributed by atoms with E-state index in [9.17, 15) is 0 Å². The van der Waals surface area contributed by atoms with Gasteiger partial charge in [-0.25, -0.2) is 4.98 Å². The van der Waals surface area contributed by atoms with E-state index in [1.807, 2.05) is 0 Å². The Labute approximate surface area is 76.1 Å². The standard InChI is InChI=1S/C8H12N2OS/c1-12-6-7-4-10-2-3-11-5-8(10)9-7/h4H,2-3,5-6H2,1H3. The van der Waals surface area contributed by atoms with Crippen LogP contribution >= 0.6 is 11.8 Å². The Hall–Kier alpha value is -0.480. The number of nitrogens with zero attached hydrogens (tertiary/aromatic N) is 2. The summed E-state index contributed by atoms with van der Waals surface area (Å²) >= 11 is 1.80. The molecule has 0 unspecified atom stereocenters. The number of fused-ring (bicyclic) bond motifs is 1. The van der Waals surface area contributed by atoms with Crippen molar-refractivity contribution in [2.75, 3.05) is 12.9 Å². The van der Waals surface area contributed by atoms with Crippen molar-refractivity contribution >= 4 is 11.8 Å². The molecule has 1 aromatic rings. The van der Waals surface area contributed by atoms with Crippen molar-refractivity contribution < 1.29 is 4.74 Å². The topological polar surface area (TPSA) is 27.1 Å². The normalized spacial score (nSPS) is 16.1. The number of imidazole rings is 1. The first-order chi connectivity index (χ1) is 5.90. The van der Waals surface area contributed by atoms with Gasteiger partial charge in [0.2, 0.25) is 0 Å². The Morgan fingerprint density at radius 3 is 3.42 bits per heavy atom. The molecule has 0 aliphatic carbocycles. The van der Waals surface area contributed by atoms with Crippen molar-refractivity contribution in [3.63, 3.8) is 0 Å². The van der Waals surface area contributed by atoms with Gasteiger partial charge in [-0.3, -0.25) is 0 Å². The highest BCUT2D eigenvalue weighted by molar-refractivity contribution is 7.97. The molecule has 0 saturated heterocycles. The van der Waals surface area contributed by atoms with Crippen LogP contribution in [0.5, 0.6) is 0 Å². The van der Waals surface area contributed by atoms with Gasteiger partial charge in [-0.2, -0.15) is 11.8 Å². The zero-order chi connectivity index (χ0) is 8.39. The van der Waals surface area contributed by atoms with Gasteiger partial charge in [0, 0.05) is 18.5 Å². The van der Waals surface area contributed by atoms with E-state index in [1.165, 1.54) is 5.69 Å². The van der Waals surface area contributed by atoms with Crippen molar-refractivity contribution in [2.24, 2.45) is 0 Å². The lowest BCUT2D eigenvalue weighted by atomic mass is 10.5. The van der Waals surface area contributed by atoms with Crippen LogP contribution in [0.25, 0.3) is 0 Å². The maximum absolute atomic E-state index is 5.30. The van der Waals surface area contributed by atoms with Crippen molar-refractivity contribution in [1.82, 2.24) is 9.55 Å². The molecule has 0 aromatic carbocycles. The molecule has 1 aromatic heterocycles. The Balaban J connectivity index is 2.20. The molecule has 66 valence electrons. The molecule has 0 spiro atoms. The highest BCUT2D eigenvalue weighted by Gasteiger charge is 2.11. The van der Waals surface area contributed by atoms with Crippen molar-refractivity contribution in [3.8, 4) is 0 Å². The van der Waals surface area contributed by atoms with Crippen LogP contribution in [0.1, 0.15) is 11.5 Å². The van der Waals surface area contributed by atoms with Gasteiger partial charge in [-0.15, -0.1) is 0 Å². The smallest absolute Gasteiger partial charge is 0.135 e. The van der Waals surface area contributed by atoms with E-state index in [2.05, 4.69) is 22.0 Å². The molecule has 0 bridgehead atoms. The van der Waals surface area contributed by atoms with E-state index < -0.39 is 0 Å². The molecule has 1 aliphatic rings. The van der Waals surface area contributed by atoms with Crippen molar-refractivity contribution in [2.45, 2.75) is 18.9 Å². The third-order valence-electron chi connectivity index (χ3n) is 1.91. The lowest BCUT2D eigenvalue weighted by Crippen LogP contribution is -2.15. The van der Waals surface area contributed by atoms with Gasteiger partial charge in [0.25, 0.3) is 0 Å². The average molecular weight is 184 g/mol. The van der Waals surface area contributed by atoms with E-state index >= 15 is 0 Å². The molecule has 0 saturated carbocycles. The minimum atomic E-state index is 0.675. The fourth-order valence-electron chi connectivity index (χ4n) is 1.37. The van der Waals surface area contributed by atoms with Gasteiger partial charge in [0.05, 0.1) is 12.3 Å². The molecule has 0 fully saturated rings. The Kier molecular flexibility index (Phi) is 2.37. The number of ether oxygens (including phenoxy) is 1. The molecular weight excluding hydrogens is 172 g/mol. The quantitative estimate of drug-likeness (QED) is 0.692. The molecule has 4 heteroatoms. The van der Waals surface area contributed by atoms with E-state index in [0.29, 0.717) is 6.61 Å². The summed E-state index contributed by atoms with van der Waals surface area (Å²) in [5.41, 5.74) is 1.17. The van der Waals surface area contributed by atoms with E-state index in [0.717, 1.165) is 24.7 Å². The summed E-state index contributed by atoms with van der Waals surface area (Å²) < 4.78 is 7.49. The molecule has 12 heavy (non-hydrogen) atoms. The maximum atomic E-state index is 5.30. The van der Waals surface area contributed by atoms with Crippen LogP contribution < -0.4 is 0 Å². The highest BCUT2D eigenvalue weighted by atomic mass is 32.2. The second kappa shape index (κ2) is 3.49. The third kappa shape index (κ3) is 1.49. The third-order valence-corrected chi connectivity index (χ3v) is 2.49. The van der Waals surface area contributed by atoms with Crippen LogP contribution in [0.3, 0.4) is 0 Å². The van der Waals surface area contributed by atoms with Gasteiger partial charge in [-0.1, -0.05) is 0 Å². The summed E-state index contributed by atoms with van der Waals surface area (Å²) in [5.74, 6) is 2.07.